The summed E-state index contributed by atoms with van der Waals surface area (Å²) in [4.78, 5) is 0. The molecule has 0 saturated heterocycles. The minimum atomic E-state index is -0.436. The zero-order valence-corrected chi connectivity index (χ0v) is 8.96. The van der Waals surface area contributed by atoms with E-state index in [9.17, 15) is 4.39 Å². The topological polar surface area (TPSA) is 35.8 Å². The molecule has 0 radical (unpaired) electrons. The van der Waals surface area contributed by atoms with Crippen LogP contribution in [0.15, 0.2) is 18.2 Å². The quantitative estimate of drug-likeness (QED) is 0.605. The van der Waals surface area contributed by atoms with Gasteiger partial charge in [0.05, 0.1) is 5.56 Å². The average Bonchev–Trinajstić information content (AvgIpc) is 2.31. The van der Waals surface area contributed by atoms with Crippen LogP contribution in [0.1, 0.15) is 24.0 Å². The lowest BCUT2D eigenvalue weighted by Gasteiger charge is -2.05. The summed E-state index contributed by atoms with van der Waals surface area (Å²) in [5.41, 5.74) is 0.600. The van der Waals surface area contributed by atoms with Gasteiger partial charge in [-0.1, -0.05) is 12.1 Å². The van der Waals surface area contributed by atoms with Crippen molar-refractivity contribution in [1.82, 2.24) is 5.32 Å². The number of hydrogen-bond donors (Lipinski definition) is 1. The van der Waals surface area contributed by atoms with Crippen molar-refractivity contribution in [2.45, 2.75) is 19.4 Å². The Balaban J connectivity index is 2.49. The van der Waals surface area contributed by atoms with Crippen LogP contribution >= 0.6 is 0 Å². The largest absolute Gasteiger partial charge is 0.313 e. The SMILES string of the molecule is C#CCCCNCc1cccc(C#N)c1F. The van der Waals surface area contributed by atoms with Crippen LogP contribution in [0.2, 0.25) is 0 Å². The van der Waals surface area contributed by atoms with Crippen LogP contribution in [0.5, 0.6) is 0 Å². The maximum Gasteiger partial charge on any atom is 0.145 e. The number of rotatable bonds is 5. The first-order valence-electron chi connectivity index (χ1n) is 5.11. The Morgan fingerprint density at radius 2 is 2.25 bits per heavy atom. The summed E-state index contributed by atoms with van der Waals surface area (Å²) in [6.07, 6.45) is 6.70. The monoisotopic (exact) mass is 216 g/mol. The van der Waals surface area contributed by atoms with Gasteiger partial charge in [-0.05, 0) is 19.0 Å². The van der Waals surface area contributed by atoms with Crippen molar-refractivity contribution in [3.63, 3.8) is 0 Å². The molecule has 2 nitrogen and oxygen atoms in total. The number of nitrogens with zero attached hydrogens (tertiary/aromatic N) is 1. The Bertz CT molecular complexity index is 427. The molecule has 1 rings (SSSR count). The summed E-state index contributed by atoms with van der Waals surface area (Å²) in [6, 6.07) is 6.64. The van der Waals surface area contributed by atoms with Gasteiger partial charge in [0.25, 0.3) is 0 Å². The van der Waals surface area contributed by atoms with Crippen LogP contribution in [-0.2, 0) is 6.54 Å². The molecule has 0 bridgehead atoms. The fourth-order valence-electron chi connectivity index (χ4n) is 1.34. The highest BCUT2D eigenvalue weighted by atomic mass is 19.1. The van der Waals surface area contributed by atoms with E-state index in [-0.39, 0.29) is 5.56 Å². The van der Waals surface area contributed by atoms with Gasteiger partial charge in [-0.3, -0.25) is 0 Å². The number of nitrogens with one attached hydrogen (secondary N) is 1. The summed E-state index contributed by atoms with van der Waals surface area (Å²) in [5.74, 6) is 2.10. The Hall–Kier alpha value is -1.84. The third-order valence-electron chi connectivity index (χ3n) is 2.19. The fraction of sp³-hybridized carbons (Fsp3) is 0.308. The van der Waals surface area contributed by atoms with Crippen LogP contribution in [0.4, 0.5) is 4.39 Å². The molecule has 0 amide bonds. The minimum absolute atomic E-state index is 0.0860. The number of hydrogen-bond acceptors (Lipinski definition) is 2. The second-order valence-corrected chi connectivity index (χ2v) is 3.37. The first kappa shape index (κ1) is 12.2. The van der Waals surface area contributed by atoms with Crippen LogP contribution < -0.4 is 5.32 Å². The molecule has 3 heteroatoms. The molecule has 0 aliphatic carbocycles. The van der Waals surface area contributed by atoms with Crippen molar-refractivity contribution in [3.05, 3.63) is 35.1 Å². The minimum Gasteiger partial charge on any atom is -0.313 e. The zero-order valence-electron chi connectivity index (χ0n) is 8.96. The molecule has 0 heterocycles. The van der Waals surface area contributed by atoms with Crippen LogP contribution in [-0.4, -0.2) is 6.54 Å². The van der Waals surface area contributed by atoms with E-state index >= 15 is 0 Å². The third kappa shape index (κ3) is 3.38. The summed E-state index contributed by atoms with van der Waals surface area (Å²) >= 11 is 0. The molecule has 0 unspecified atom stereocenters. The van der Waals surface area contributed by atoms with Gasteiger partial charge >= 0.3 is 0 Å². The Labute approximate surface area is 95.1 Å². The second-order valence-electron chi connectivity index (χ2n) is 3.37. The Morgan fingerprint density at radius 1 is 1.44 bits per heavy atom. The summed E-state index contributed by atoms with van der Waals surface area (Å²) < 4.78 is 13.6. The highest BCUT2D eigenvalue weighted by Gasteiger charge is 2.06. The maximum atomic E-state index is 13.6. The van der Waals surface area contributed by atoms with E-state index in [0.29, 0.717) is 18.5 Å². The summed E-state index contributed by atoms with van der Waals surface area (Å²) in [6.45, 7) is 1.17. The van der Waals surface area contributed by atoms with Crippen molar-refractivity contribution < 1.29 is 4.39 Å². The number of halogens is 1. The number of nitriles is 1. The van der Waals surface area contributed by atoms with Crippen molar-refractivity contribution in [2.24, 2.45) is 0 Å². The number of terminal acetylenes is 1. The maximum absolute atomic E-state index is 13.6. The molecule has 16 heavy (non-hydrogen) atoms. The zero-order chi connectivity index (χ0) is 11.8. The standard InChI is InChI=1S/C13H13FN2/c1-2-3-4-8-16-10-12-7-5-6-11(9-15)13(12)14/h1,5-7,16H,3-4,8,10H2. The lowest BCUT2D eigenvalue weighted by Crippen LogP contribution is -2.15. The first-order chi connectivity index (χ1) is 7.79. The van der Waals surface area contributed by atoms with Crippen molar-refractivity contribution in [2.75, 3.05) is 6.54 Å². The van der Waals surface area contributed by atoms with Crippen LogP contribution in [0.25, 0.3) is 0 Å². The van der Waals surface area contributed by atoms with Crippen molar-refractivity contribution >= 4 is 0 Å². The molecule has 0 atom stereocenters. The molecule has 82 valence electrons. The Kier molecular flexibility index (Phi) is 5.05. The van der Waals surface area contributed by atoms with Gasteiger partial charge < -0.3 is 5.32 Å². The highest BCUT2D eigenvalue weighted by molar-refractivity contribution is 5.34. The Morgan fingerprint density at radius 3 is 2.94 bits per heavy atom. The molecule has 0 aromatic heterocycles. The van der Waals surface area contributed by atoms with E-state index in [0.717, 1.165) is 13.0 Å². The van der Waals surface area contributed by atoms with E-state index in [2.05, 4.69) is 11.2 Å². The molecule has 0 fully saturated rings. The summed E-state index contributed by atoms with van der Waals surface area (Å²) in [7, 11) is 0. The van der Waals surface area contributed by atoms with Crippen molar-refractivity contribution in [3.8, 4) is 18.4 Å². The molecule has 0 saturated carbocycles. The van der Waals surface area contributed by atoms with E-state index in [1.807, 2.05) is 6.07 Å². The van der Waals surface area contributed by atoms with Crippen molar-refractivity contribution in [1.29, 1.82) is 5.26 Å². The first-order valence-corrected chi connectivity index (χ1v) is 5.11. The highest BCUT2D eigenvalue weighted by Crippen LogP contribution is 2.11. The van der Waals surface area contributed by atoms with E-state index in [4.69, 9.17) is 11.7 Å². The van der Waals surface area contributed by atoms with Crippen LogP contribution in [0, 0.1) is 29.5 Å². The molecular weight excluding hydrogens is 203 g/mol. The van der Waals surface area contributed by atoms with Gasteiger partial charge in [0.1, 0.15) is 11.9 Å². The predicted molar refractivity (Wildman–Crippen MR) is 60.9 cm³/mol. The van der Waals surface area contributed by atoms with Gasteiger partial charge in [-0.15, -0.1) is 12.3 Å². The fourth-order valence-corrected chi connectivity index (χ4v) is 1.34. The molecule has 0 aliphatic rings. The van der Waals surface area contributed by atoms with E-state index in [1.54, 1.807) is 12.1 Å². The third-order valence-corrected chi connectivity index (χ3v) is 2.19. The molecule has 1 aromatic carbocycles. The normalized spacial score (nSPS) is 9.44. The smallest absolute Gasteiger partial charge is 0.145 e. The second kappa shape index (κ2) is 6.61. The van der Waals surface area contributed by atoms with Gasteiger partial charge in [-0.2, -0.15) is 5.26 Å². The molecular formula is C13H13FN2. The lowest BCUT2D eigenvalue weighted by molar-refractivity contribution is 0.581. The van der Waals surface area contributed by atoms with E-state index in [1.165, 1.54) is 6.07 Å². The van der Waals surface area contributed by atoms with Gasteiger partial charge in [0, 0.05) is 18.5 Å². The molecule has 0 aliphatic heterocycles. The van der Waals surface area contributed by atoms with Gasteiger partial charge in [-0.25, -0.2) is 4.39 Å². The van der Waals surface area contributed by atoms with Gasteiger partial charge in [0.15, 0.2) is 0 Å². The van der Waals surface area contributed by atoms with Crippen LogP contribution in [0.3, 0.4) is 0 Å². The molecule has 1 N–H and O–H groups in total. The lowest BCUT2D eigenvalue weighted by atomic mass is 10.1. The predicted octanol–water partition coefficient (Wildman–Crippen LogP) is 2.20. The van der Waals surface area contributed by atoms with Gasteiger partial charge in [0.2, 0.25) is 0 Å². The van der Waals surface area contributed by atoms with E-state index < -0.39 is 5.82 Å². The number of benzene rings is 1. The molecule has 0 spiro atoms. The molecule has 1 aromatic rings. The summed E-state index contributed by atoms with van der Waals surface area (Å²) in [5, 5.41) is 11.7. The average molecular weight is 216 g/mol. The number of unbranched alkanes of at least 4 members (excludes halogenated alkanes) is 1.